The Labute approximate surface area is 222 Å². The lowest BCUT2D eigenvalue weighted by Crippen LogP contribution is -2.45. The number of hydrogen-bond donors (Lipinski definition) is 2. The first-order valence-corrected chi connectivity index (χ1v) is 12.6. The summed E-state index contributed by atoms with van der Waals surface area (Å²) >= 11 is 6.18. The van der Waals surface area contributed by atoms with Crippen molar-refractivity contribution in [3.05, 3.63) is 112 Å². The first kappa shape index (κ1) is 24.8. The molecular weight excluding hydrogens is 484 g/mol. The summed E-state index contributed by atoms with van der Waals surface area (Å²) in [7, 11) is 1.61. The summed E-state index contributed by atoms with van der Waals surface area (Å²) in [6.45, 7) is 4.15. The van der Waals surface area contributed by atoms with E-state index in [1.54, 1.807) is 24.1 Å². The van der Waals surface area contributed by atoms with E-state index in [2.05, 4.69) is 13.8 Å². The van der Waals surface area contributed by atoms with Crippen molar-refractivity contribution in [2.75, 3.05) is 12.0 Å². The van der Waals surface area contributed by atoms with Crippen LogP contribution in [-0.2, 0) is 4.79 Å². The zero-order valence-corrected chi connectivity index (χ0v) is 21.8. The van der Waals surface area contributed by atoms with Crippen LogP contribution in [0.1, 0.15) is 43.7 Å². The summed E-state index contributed by atoms with van der Waals surface area (Å²) in [6, 6.07) is 23.9. The Morgan fingerprint density at radius 1 is 1.00 bits per heavy atom. The fourth-order valence-corrected chi connectivity index (χ4v) is 5.50. The monoisotopic (exact) mass is 512 g/mol. The van der Waals surface area contributed by atoms with Crippen molar-refractivity contribution in [1.82, 2.24) is 0 Å². The fourth-order valence-electron chi connectivity index (χ4n) is 5.37. The molecule has 0 saturated heterocycles. The van der Waals surface area contributed by atoms with Crippen LogP contribution in [0.3, 0.4) is 0 Å². The highest BCUT2D eigenvalue weighted by molar-refractivity contribution is 6.30. The van der Waals surface area contributed by atoms with Gasteiger partial charge in [0.1, 0.15) is 17.3 Å². The number of aliphatic hydroxyl groups is 1. The van der Waals surface area contributed by atoms with Crippen LogP contribution in [0, 0.1) is 10.8 Å². The Kier molecular flexibility index (Phi) is 6.42. The third-order valence-corrected chi connectivity index (χ3v) is 7.31. The number of ether oxygens (including phenoxy) is 1. The molecule has 3 aromatic carbocycles. The van der Waals surface area contributed by atoms with E-state index in [1.165, 1.54) is 0 Å². The second-order valence-electron chi connectivity index (χ2n) is 10.3. The van der Waals surface area contributed by atoms with Crippen LogP contribution in [0.5, 0.6) is 5.75 Å². The number of halogens is 1. The molecule has 0 unspecified atom stereocenters. The van der Waals surface area contributed by atoms with Gasteiger partial charge in [-0.3, -0.25) is 15.1 Å². The maximum atomic E-state index is 13.9. The molecule has 3 aromatic rings. The number of nitrogens with one attached hydrogen (secondary N) is 1. The van der Waals surface area contributed by atoms with Crippen LogP contribution in [0.4, 0.5) is 5.69 Å². The summed E-state index contributed by atoms with van der Waals surface area (Å²) in [5.41, 5.74) is 3.65. The molecule has 188 valence electrons. The largest absolute Gasteiger partial charge is 0.507 e. The predicted molar refractivity (Wildman–Crippen MR) is 148 cm³/mol. The highest BCUT2D eigenvalue weighted by Crippen LogP contribution is 2.51. The molecule has 1 aliphatic heterocycles. The number of nitrogens with zero attached hydrogens (tertiary/aromatic N) is 1. The quantitative estimate of drug-likeness (QED) is 0.354. The maximum absolute atomic E-state index is 13.9. The second kappa shape index (κ2) is 9.56. The van der Waals surface area contributed by atoms with E-state index in [-0.39, 0.29) is 22.8 Å². The highest BCUT2D eigenvalue weighted by atomic mass is 35.5. The molecule has 2 aliphatic rings. The number of Topliss-reactive ketones (excluding diaryl/α,β-unsaturated/α-hetero) is 1. The van der Waals surface area contributed by atoms with Gasteiger partial charge in [-0.05, 0) is 53.8 Å². The molecule has 0 spiro atoms. The van der Waals surface area contributed by atoms with Crippen LogP contribution in [-0.4, -0.2) is 23.8 Å². The molecule has 0 fully saturated rings. The number of carbonyl (C=O) groups excluding carboxylic acids is 1. The van der Waals surface area contributed by atoms with E-state index in [9.17, 15) is 15.3 Å². The van der Waals surface area contributed by atoms with Gasteiger partial charge in [0.05, 0.1) is 7.11 Å². The van der Waals surface area contributed by atoms with E-state index in [4.69, 9.17) is 16.3 Å². The third-order valence-electron chi connectivity index (χ3n) is 7.06. The number of amidine groups is 1. The summed E-state index contributed by atoms with van der Waals surface area (Å²) in [6.07, 6.45) is 1.00. The normalized spacial score (nSPS) is 20.5. The van der Waals surface area contributed by atoms with Gasteiger partial charge in [0, 0.05) is 45.5 Å². The molecule has 0 aromatic heterocycles. The topological polar surface area (TPSA) is 73.6 Å². The van der Waals surface area contributed by atoms with Gasteiger partial charge in [-0.1, -0.05) is 67.9 Å². The molecule has 0 bridgehead atoms. The van der Waals surface area contributed by atoms with E-state index in [0.717, 1.165) is 16.9 Å². The van der Waals surface area contributed by atoms with E-state index < -0.39 is 5.92 Å². The average molecular weight is 513 g/mol. The summed E-state index contributed by atoms with van der Waals surface area (Å²) in [4.78, 5) is 15.7. The van der Waals surface area contributed by atoms with Gasteiger partial charge >= 0.3 is 0 Å². The lowest BCUT2D eigenvalue weighted by atomic mass is 9.67. The van der Waals surface area contributed by atoms with Crippen LogP contribution >= 0.6 is 11.6 Å². The Balaban J connectivity index is 1.83. The van der Waals surface area contributed by atoms with Crippen molar-refractivity contribution in [3.63, 3.8) is 0 Å². The third kappa shape index (κ3) is 4.56. The minimum atomic E-state index is -0.597. The number of anilines is 1. The van der Waals surface area contributed by atoms with Crippen molar-refractivity contribution in [3.8, 4) is 5.75 Å². The number of allylic oxidation sites excluding steroid dienone is 2. The number of aliphatic hydroxyl groups excluding tert-OH is 1. The number of methoxy groups -OCH3 is 1. The lowest BCUT2D eigenvalue weighted by Gasteiger charge is -2.45. The number of carbonyl (C=O) groups is 1. The molecule has 5 nitrogen and oxygen atoms in total. The van der Waals surface area contributed by atoms with Crippen LogP contribution in [0.25, 0.3) is 5.76 Å². The van der Waals surface area contributed by atoms with Crippen molar-refractivity contribution in [2.24, 2.45) is 5.41 Å². The van der Waals surface area contributed by atoms with E-state index >= 15 is 0 Å². The molecule has 2 N–H and O–H groups in total. The predicted octanol–water partition coefficient (Wildman–Crippen LogP) is 7.54. The van der Waals surface area contributed by atoms with E-state index in [0.29, 0.717) is 40.3 Å². The molecule has 37 heavy (non-hydrogen) atoms. The van der Waals surface area contributed by atoms with Gasteiger partial charge in [-0.2, -0.15) is 0 Å². The second-order valence-corrected chi connectivity index (χ2v) is 10.7. The minimum absolute atomic E-state index is 0.0189. The van der Waals surface area contributed by atoms with Gasteiger partial charge in [-0.25, -0.2) is 0 Å². The smallest absolute Gasteiger partial charge is 0.162 e. The Morgan fingerprint density at radius 3 is 2.27 bits per heavy atom. The molecule has 0 saturated carbocycles. The van der Waals surface area contributed by atoms with Crippen molar-refractivity contribution >= 4 is 34.7 Å². The molecule has 1 atom stereocenters. The Morgan fingerprint density at radius 2 is 1.65 bits per heavy atom. The summed E-state index contributed by atoms with van der Waals surface area (Å²) < 4.78 is 5.36. The average Bonchev–Trinajstić information content (AvgIpc) is 2.88. The molecule has 6 heteroatoms. The van der Waals surface area contributed by atoms with E-state index in [1.807, 2.05) is 66.7 Å². The standard InChI is InChI=1S/C31H29ClN2O3/c1-31(2)17-24-27(25(35)18-31)26(19-9-15-23(37-3)16-10-19)28(29(36)20-7-5-4-6-8-20)30(33)34(24)22-13-11-21(32)12-14-22/h4-16,26,33,36H,17-18H2,1-3H3/b29-28+,33-30?/t26-/m1/s1. The molecule has 1 heterocycles. The van der Waals surface area contributed by atoms with Gasteiger partial charge < -0.3 is 9.84 Å². The Hall–Kier alpha value is -3.83. The molecule has 0 radical (unpaired) electrons. The molecular formula is C31H29ClN2O3. The van der Waals surface area contributed by atoms with Crippen molar-refractivity contribution < 1.29 is 14.6 Å². The van der Waals surface area contributed by atoms with Crippen LogP contribution < -0.4 is 9.64 Å². The van der Waals surface area contributed by atoms with Gasteiger partial charge in [0.15, 0.2) is 5.78 Å². The zero-order chi connectivity index (χ0) is 26.3. The van der Waals surface area contributed by atoms with Crippen LogP contribution in [0.2, 0.25) is 5.02 Å². The number of hydrogen-bond acceptors (Lipinski definition) is 4. The SMILES string of the molecule is COc1ccc([C@@H]2C3=C(CC(C)(C)CC3=O)N(c3ccc(Cl)cc3)C(=N)/C2=C(/O)c2ccccc2)cc1. The number of ketones is 1. The zero-order valence-electron chi connectivity index (χ0n) is 21.1. The lowest BCUT2D eigenvalue weighted by molar-refractivity contribution is -0.118. The molecule has 1 aliphatic carbocycles. The van der Waals surface area contributed by atoms with Crippen LogP contribution in [0.15, 0.2) is 95.7 Å². The summed E-state index contributed by atoms with van der Waals surface area (Å²) in [5, 5.41) is 21.7. The van der Waals surface area contributed by atoms with Gasteiger partial charge in [0.25, 0.3) is 0 Å². The number of benzene rings is 3. The Bertz CT molecular complexity index is 1420. The first-order valence-electron chi connectivity index (χ1n) is 12.2. The molecule has 5 rings (SSSR count). The van der Waals surface area contributed by atoms with Gasteiger partial charge in [0.2, 0.25) is 0 Å². The summed E-state index contributed by atoms with van der Waals surface area (Å²) in [5.74, 6) is 0.238. The number of rotatable bonds is 4. The maximum Gasteiger partial charge on any atom is 0.162 e. The van der Waals surface area contributed by atoms with Crippen molar-refractivity contribution in [2.45, 2.75) is 32.6 Å². The van der Waals surface area contributed by atoms with Crippen molar-refractivity contribution in [1.29, 1.82) is 5.41 Å². The minimum Gasteiger partial charge on any atom is -0.507 e. The fraction of sp³-hybridized carbons (Fsp3) is 0.226. The first-order chi connectivity index (χ1) is 17.7. The van der Waals surface area contributed by atoms with Gasteiger partial charge in [-0.15, -0.1) is 0 Å². The molecule has 0 amide bonds. The highest BCUT2D eigenvalue weighted by Gasteiger charge is 2.46.